The van der Waals surface area contributed by atoms with Gasteiger partial charge in [-0.05, 0) is 24.6 Å². The van der Waals surface area contributed by atoms with Crippen LogP contribution < -0.4 is 11.1 Å². The molecule has 3 N–H and O–H groups in total. The zero-order valence-electron chi connectivity index (χ0n) is 11.7. The van der Waals surface area contributed by atoms with E-state index in [9.17, 15) is 17.4 Å². The van der Waals surface area contributed by atoms with Crippen molar-refractivity contribution in [2.75, 3.05) is 18.1 Å². The fraction of sp³-hybridized carbons (Fsp3) is 0.462. The predicted octanol–water partition coefficient (Wildman–Crippen LogP) is 2.91. The molecule has 0 spiro atoms. The van der Waals surface area contributed by atoms with Crippen LogP contribution >= 0.6 is 12.2 Å². The van der Waals surface area contributed by atoms with Crippen LogP contribution in [-0.2, 0) is 17.0 Å². The summed E-state index contributed by atoms with van der Waals surface area (Å²) in [6, 6.07) is 3.74. The Balaban J connectivity index is 2.86. The molecule has 3 nitrogen and oxygen atoms in total. The number of rotatable bonds is 6. The molecule has 1 aromatic carbocycles. The molecule has 2 atom stereocenters. The second-order valence-electron chi connectivity index (χ2n) is 4.65. The number of benzene rings is 1. The molecule has 0 radical (unpaired) electrons. The molecule has 0 saturated heterocycles. The Kier molecular flexibility index (Phi) is 6.15. The highest BCUT2D eigenvalue weighted by atomic mass is 32.2. The van der Waals surface area contributed by atoms with Crippen molar-refractivity contribution in [1.29, 1.82) is 0 Å². The first kappa shape index (κ1) is 17.9. The van der Waals surface area contributed by atoms with Crippen LogP contribution in [0.25, 0.3) is 0 Å². The van der Waals surface area contributed by atoms with Crippen LogP contribution in [-0.4, -0.2) is 27.2 Å². The van der Waals surface area contributed by atoms with Gasteiger partial charge in [-0.15, -0.1) is 0 Å². The van der Waals surface area contributed by atoms with Crippen molar-refractivity contribution in [3.05, 3.63) is 29.3 Å². The molecule has 118 valence electrons. The van der Waals surface area contributed by atoms with Gasteiger partial charge in [-0.3, -0.25) is 4.21 Å². The van der Waals surface area contributed by atoms with Crippen molar-refractivity contribution >= 4 is 33.7 Å². The molecule has 0 aromatic heterocycles. The van der Waals surface area contributed by atoms with Crippen LogP contribution in [0.1, 0.15) is 24.5 Å². The van der Waals surface area contributed by atoms with Crippen molar-refractivity contribution in [2.24, 2.45) is 5.73 Å². The third kappa shape index (κ3) is 5.28. The number of nitrogens with one attached hydrogen (secondary N) is 1. The van der Waals surface area contributed by atoms with E-state index in [-0.39, 0.29) is 15.8 Å². The fourth-order valence-corrected chi connectivity index (χ4v) is 2.32. The number of anilines is 1. The van der Waals surface area contributed by atoms with Crippen molar-refractivity contribution in [1.82, 2.24) is 0 Å². The summed E-state index contributed by atoms with van der Waals surface area (Å²) in [6.45, 7) is 2.26. The maximum Gasteiger partial charge on any atom is 0.417 e. The Morgan fingerprint density at radius 1 is 1.48 bits per heavy atom. The van der Waals surface area contributed by atoms with Gasteiger partial charge in [-0.1, -0.05) is 19.1 Å². The molecular formula is C13H17F3N2OS2. The first-order valence-corrected chi connectivity index (χ1v) is 8.23. The summed E-state index contributed by atoms with van der Waals surface area (Å²) in [7, 11) is -0.950. The minimum Gasteiger partial charge on any atom is -0.389 e. The topological polar surface area (TPSA) is 55.1 Å². The number of alkyl halides is 3. The minimum atomic E-state index is -4.52. The van der Waals surface area contributed by atoms with Gasteiger partial charge in [0.25, 0.3) is 0 Å². The summed E-state index contributed by atoms with van der Waals surface area (Å²) in [5, 5.41) is 2.87. The van der Waals surface area contributed by atoms with Crippen LogP contribution in [0.5, 0.6) is 0 Å². The SMILES string of the molecule is CC(CCNc1ccc(C(N)=S)c(C(F)(F)F)c1)S(C)=O. The molecule has 0 amide bonds. The van der Waals surface area contributed by atoms with Gasteiger partial charge in [0.15, 0.2) is 0 Å². The third-order valence-corrected chi connectivity index (χ3v) is 4.63. The van der Waals surface area contributed by atoms with E-state index in [0.717, 1.165) is 6.07 Å². The predicted molar refractivity (Wildman–Crippen MR) is 84.0 cm³/mol. The lowest BCUT2D eigenvalue weighted by Crippen LogP contribution is -2.19. The van der Waals surface area contributed by atoms with E-state index >= 15 is 0 Å². The van der Waals surface area contributed by atoms with Crippen LogP contribution in [0.2, 0.25) is 0 Å². The van der Waals surface area contributed by atoms with E-state index in [1.54, 1.807) is 6.26 Å². The third-order valence-electron chi connectivity index (χ3n) is 3.04. The van der Waals surface area contributed by atoms with Crippen LogP contribution in [0.4, 0.5) is 18.9 Å². The van der Waals surface area contributed by atoms with E-state index in [2.05, 4.69) is 17.5 Å². The van der Waals surface area contributed by atoms with Crippen LogP contribution in [0.3, 0.4) is 0 Å². The number of hydrogen-bond acceptors (Lipinski definition) is 3. The van der Waals surface area contributed by atoms with E-state index in [1.165, 1.54) is 12.1 Å². The highest BCUT2D eigenvalue weighted by Gasteiger charge is 2.34. The van der Waals surface area contributed by atoms with Gasteiger partial charge >= 0.3 is 6.18 Å². The quantitative estimate of drug-likeness (QED) is 0.783. The van der Waals surface area contributed by atoms with E-state index in [4.69, 9.17) is 5.73 Å². The molecule has 1 rings (SSSR count). The number of nitrogens with two attached hydrogens (primary N) is 1. The van der Waals surface area contributed by atoms with Gasteiger partial charge in [0.1, 0.15) is 4.99 Å². The fourth-order valence-electron chi connectivity index (χ4n) is 1.69. The highest BCUT2D eigenvalue weighted by molar-refractivity contribution is 7.84. The largest absolute Gasteiger partial charge is 0.417 e. The summed E-state index contributed by atoms with van der Waals surface area (Å²) >= 11 is 4.64. The summed E-state index contributed by atoms with van der Waals surface area (Å²) < 4.78 is 50.1. The average molecular weight is 338 g/mol. The van der Waals surface area contributed by atoms with Crippen molar-refractivity contribution in [3.63, 3.8) is 0 Å². The molecular weight excluding hydrogens is 321 g/mol. The number of halogens is 3. The lowest BCUT2D eigenvalue weighted by molar-refractivity contribution is -0.137. The Hall–Kier alpha value is -1.15. The average Bonchev–Trinajstić information content (AvgIpc) is 2.37. The van der Waals surface area contributed by atoms with Crippen molar-refractivity contribution in [3.8, 4) is 0 Å². The Morgan fingerprint density at radius 2 is 2.10 bits per heavy atom. The normalized spacial score (nSPS) is 14.5. The van der Waals surface area contributed by atoms with Gasteiger partial charge in [0.2, 0.25) is 0 Å². The lowest BCUT2D eigenvalue weighted by Gasteiger charge is -2.15. The van der Waals surface area contributed by atoms with Crippen LogP contribution in [0, 0.1) is 0 Å². The monoisotopic (exact) mass is 338 g/mol. The molecule has 1 aromatic rings. The Morgan fingerprint density at radius 3 is 2.57 bits per heavy atom. The minimum absolute atomic E-state index is 0.0181. The standard InChI is InChI=1S/C13H17F3N2OS2/c1-8(21(2)19)5-6-18-9-3-4-10(12(17)20)11(7-9)13(14,15)16/h3-4,7-8,18H,5-6H2,1-2H3,(H2,17,20). The molecule has 0 bridgehead atoms. The Labute approximate surface area is 129 Å². The molecule has 0 aliphatic carbocycles. The Bertz CT molecular complexity index is 547. The van der Waals surface area contributed by atoms with E-state index in [1.807, 2.05) is 6.92 Å². The summed E-state index contributed by atoms with van der Waals surface area (Å²) in [4.78, 5) is -0.288. The molecule has 0 heterocycles. The number of hydrogen-bond donors (Lipinski definition) is 2. The van der Waals surface area contributed by atoms with Gasteiger partial charge in [0.05, 0.1) is 5.56 Å². The molecule has 0 aliphatic heterocycles. The van der Waals surface area contributed by atoms with Gasteiger partial charge in [0, 0.05) is 40.1 Å². The van der Waals surface area contributed by atoms with Crippen molar-refractivity contribution < 1.29 is 17.4 Å². The first-order valence-electron chi connectivity index (χ1n) is 6.20. The maximum absolute atomic E-state index is 13.0. The maximum atomic E-state index is 13.0. The highest BCUT2D eigenvalue weighted by Crippen LogP contribution is 2.33. The zero-order valence-corrected chi connectivity index (χ0v) is 13.3. The van der Waals surface area contributed by atoms with Crippen molar-refractivity contribution in [2.45, 2.75) is 24.8 Å². The van der Waals surface area contributed by atoms with E-state index < -0.39 is 22.5 Å². The molecule has 2 unspecified atom stereocenters. The van der Waals surface area contributed by atoms with Gasteiger partial charge in [-0.2, -0.15) is 13.2 Å². The second kappa shape index (κ2) is 7.22. The molecule has 8 heteroatoms. The molecule has 0 aliphatic rings. The van der Waals surface area contributed by atoms with Gasteiger partial charge in [-0.25, -0.2) is 0 Å². The van der Waals surface area contributed by atoms with Crippen LogP contribution in [0.15, 0.2) is 18.2 Å². The van der Waals surface area contributed by atoms with Gasteiger partial charge < -0.3 is 11.1 Å². The zero-order chi connectivity index (χ0) is 16.2. The smallest absolute Gasteiger partial charge is 0.389 e. The summed E-state index contributed by atoms with van der Waals surface area (Å²) in [5.74, 6) is 0. The summed E-state index contributed by atoms with van der Waals surface area (Å²) in [5.41, 5.74) is 4.60. The lowest BCUT2D eigenvalue weighted by atomic mass is 10.1. The van der Waals surface area contributed by atoms with E-state index in [0.29, 0.717) is 18.7 Å². The molecule has 21 heavy (non-hydrogen) atoms. The number of thiocarbonyl (C=S) groups is 1. The summed E-state index contributed by atoms with van der Waals surface area (Å²) in [6.07, 6.45) is -2.32. The second-order valence-corrected chi connectivity index (χ2v) is 6.89. The molecule has 0 fully saturated rings. The first-order chi connectivity index (χ1) is 9.62. The molecule has 0 saturated carbocycles.